The summed E-state index contributed by atoms with van der Waals surface area (Å²) in [5.41, 5.74) is 0. The van der Waals surface area contributed by atoms with E-state index < -0.39 is 5.37 Å². The number of hydrogen-bond donors (Lipinski definition) is 0. The molecule has 3 nitrogen and oxygen atoms in total. The number of carbonyl (C=O) groups is 1. The fraction of sp³-hybridized carbons (Fsp3) is 0.818. The van der Waals surface area contributed by atoms with Crippen LogP contribution in [0.1, 0.15) is 46.0 Å². The molecule has 0 atom stereocenters. The van der Waals surface area contributed by atoms with Crippen LogP contribution in [0.4, 0.5) is 4.79 Å². The van der Waals surface area contributed by atoms with Crippen molar-refractivity contribution in [1.82, 2.24) is 4.31 Å². The number of rotatable bonds is 2. The van der Waals surface area contributed by atoms with Crippen molar-refractivity contribution < 1.29 is 4.79 Å². The van der Waals surface area contributed by atoms with E-state index in [0.717, 1.165) is 24.8 Å². The van der Waals surface area contributed by atoms with Crippen LogP contribution in [0.5, 0.6) is 0 Å². The van der Waals surface area contributed by atoms with Crippen molar-refractivity contribution >= 4 is 45.0 Å². The third-order valence-electron chi connectivity index (χ3n) is 2.67. The molecule has 0 saturated heterocycles. The Morgan fingerprint density at radius 3 is 2.35 bits per heavy atom. The first kappa shape index (κ1) is 15.1. The fourth-order valence-corrected chi connectivity index (χ4v) is 3.10. The molecule has 1 aliphatic carbocycles. The maximum Gasteiger partial charge on any atom is 0.326 e. The van der Waals surface area contributed by atoms with Gasteiger partial charge in [0, 0.05) is 18.0 Å². The predicted octanol–water partition coefficient (Wildman–Crippen LogP) is 4.63. The first-order chi connectivity index (χ1) is 8.00. The van der Waals surface area contributed by atoms with Gasteiger partial charge in [-0.25, -0.2) is 0 Å². The van der Waals surface area contributed by atoms with Crippen molar-refractivity contribution in [3.8, 4) is 0 Å². The highest BCUT2D eigenvalue weighted by molar-refractivity contribution is 8.15. The van der Waals surface area contributed by atoms with Crippen molar-refractivity contribution in [2.75, 3.05) is 0 Å². The standard InChI is InChI=1S/C11H18Cl2N2OS/c1-8(2)15(11(13)16)17-10(12)14-9-6-4-3-5-7-9/h8-9H,3-7H2,1-2H3. The van der Waals surface area contributed by atoms with E-state index in [0.29, 0.717) is 10.5 Å². The molecule has 1 amide bonds. The second kappa shape index (κ2) is 7.49. The lowest BCUT2D eigenvalue weighted by molar-refractivity contribution is 0.242. The van der Waals surface area contributed by atoms with Gasteiger partial charge in [-0.2, -0.15) is 0 Å². The molecule has 1 fully saturated rings. The van der Waals surface area contributed by atoms with Crippen LogP contribution < -0.4 is 0 Å². The molecule has 1 rings (SSSR count). The number of amides is 1. The van der Waals surface area contributed by atoms with Crippen LogP contribution in [-0.4, -0.2) is 26.3 Å². The molecule has 0 N–H and O–H groups in total. The minimum absolute atomic E-state index is 0.000283. The Morgan fingerprint density at radius 1 is 1.29 bits per heavy atom. The summed E-state index contributed by atoms with van der Waals surface area (Å²) in [5.74, 6) is 0. The van der Waals surface area contributed by atoms with Crippen molar-refractivity contribution in [3.05, 3.63) is 0 Å². The Hall–Kier alpha value is 0.0700. The summed E-state index contributed by atoms with van der Waals surface area (Å²) in [4.78, 5) is 15.6. The first-order valence-corrected chi connectivity index (χ1v) is 7.43. The summed E-state index contributed by atoms with van der Waals surface area (Å²) in [5, 5.41) is -0.512. The molecule has 6 heteroatoms. The van der Waals surface area contributed by atoms with E-state index in [9.17, 15) is 4.79 Å². The fourth-order valence-electron chi connectivity index (χ4n) is 1.80. The largest absolute Gasteiger partial charge is 0.326 e. The van der Waals surface area contributed by atoms with Gasteiger partial charge in [0.05, 0.1) is 6.04 Å². The third kappa shape index (κ3) is 5.49. The van der Waals surface area contributed by atoms with Gasteiger partial charge in [-0.3, -0.25) is 14.1 Å². The lowest BCUT2D eigenvalue weighted by atomic mass is 9.96. The normalized spacial score (nSPS) is 18.5. The van der Waals surface area contributed by atoms with Gasteiger partial charge in [0.1, 0.15) is 0 Å². The van der Waals surface area contributed by atoms with Crippen LogP contribution in [0.25, 0.3) is 0 Å². The molecule has 0 heterocycles. The topological polar surface area (TPSA) is 32.7 Å². The zero-order valence-corrected chi connectivity index (χ0v) is 12.5. The van der Waals surface area contributed by atoms with Crippen molar-refractivity contribution in [3.63, 3.8) is 0 Å². The molecule has 0 aromatic rings. The lowest BCUT2D eigenvalue weighted by Gasteiger charge is -2.22. The SMILES string of the molecule is CC(C)N(SC(Cl)=NC1CCCCC1)C(=O)Cl. The summed E-state index contributed by atoms with van der Waals surface area (Å²) in [7, 11) is 0. The highest BCUT2D eigenvalue weighted by Gasteiger charge is 2.19. The predicted molar refractivity (Wildman–Crippen MR) is 76.0 cm³/mol. The third-order valence-corrected chi connectivity index (χ3v) is 4.30. The number of carbonyl (C=O) groups excluding carboxylic acids is 1. The van der Waals surface area contributed by atoms with Gasteiger partial charge in [-0.1, -0.05) is 30.9 Å². The molecular weight excluding hydrogens is 279 g/mol. The van der Waals surface area contributed by atoms with Crippen molar-refractivity contribution in [2.24, 2.45) is 4.99 Å². The van der Waals surface area contributed by atoms with E-state index in [-0.39, 0.29) is 6.04 Å². The second-order valence-electron chi connectivity index (χ2n) is 4.44. The molecule has 0 radical (unpaired) electrons. The zero-order chi connectivity index (χ0) is 12.8. The van der Waals surface area contributed by atoms with Crippen molar-refractivity contribution in [2.45, 2.75) is 58.0 Å². The van der Waals surface area contributed by atoms with Gasteiger partial charge in [0.15, 0.2) is 4.50 Å². The van der Waals surface area contributed by atoms with E-state index in [1.165, 1.54) is 23.6 Å². The smallest absolute Gasteiger partial charge is 0.264 e. The highest BCUT2D eigenvalue weighted by atomic mass is 35.5. The summed E-state index contributed by atoms with van der Waals surface area (Å²) < 4.78 is 1.83. The molecule has 1 saturated carbocycles. The molecule has 0 aromatic heterocycles. The number of hydrogen-bond acceptors (Lipinski definition) is 3. The van der Waals surface area contributed by atoms with E-state index in [4.69, 9.17) is 23.2 Å². The Kier molecular flexibility index (Phi) is 6.67. The Morgan fingerprint density at radius 2 is 1.88 bits per heavy atom. The molecule has 0 aromatic carbocycles. The Labute approximate surface area is 117 Å². The van der Waals surface area contributed by atoms with Crippen LogP contribution in [-0.2, 0) is 0 Å². The molecule has 0 unspecified atom stereocenters. The van der Waals surface area contributed by atoms with Gasteiger partial charge in [-0.15, -0.1) is 0 Å². The van der Waals surface area contributed by atoms with Crippen LogP contribution in [0.15, 0.2) is 4.99 Å². The van der Waals surface area contributed by atoms with Gasteiger partial charge >= 0.3 is 5.37 Å². The van der Waals surface area contributed by atoms with Gasteiger partial charge in [-0.05, 0) is 38.3 Å². The van der Waals surface area contributed by atoms with Gasteiger partial charge in [0.25, 0.3) is 0 Å². The summed E-state index contributed by atoms with van der Waals surface area (Å²) in [6.45, 7) is 3.77. The van der Waals surface area contributed by atoms with Crippen LogP contribution in [0.2, 0.25) is 0 Å². The Balaban J connectivity index is 2.53. The van der Waals surface area contributed by atoms with E-state index in [1.54, 1.807) is 0 Å². The molecule has 1 aliphatic rings. The molecule has 98 valence electrons. The summed E-state index contributed by atoms with van der Waals surface area (Å²) in [6, 6.07) is 0.309. The second-order valence-corrected chi connectivity index (χ2v) is 6.31. The summed E-state index contributed by atoms with van der Waals surface area (Å²) >= 11 is 12.7. The molecule has 0 bridgehead atoms. The molecular formula is C11H18Cl2N2OS. The quantitative estimate of drug-likeness (QED) is 0.245. The highest BCUT2D eigenvalue weighted by Crippen LogP contribution is 2.25. The minimum atomic E-state index is -0.512. The lowest BCUT2D eigenvalue weighted by Crippen LogP contribution is -2.27. The number of nitrogens with zero attached hydrogens (tertiary/aromatic N) is 2. The first-order valence-electron chi connectivity index (χ1n) is 5.90. The van der Waals surface area contributed by atoms with E-state index in [1.807, 2.05) is 13.8 Å². The maximum absolute atomic E-state index is 11.2. The van der Waals surface area contributed by atoms with Gasteiger partial charge in [0.2, 0.25) is 0 Å². The number of halogens is 2. The van der Waals surface area contributed by atoms with Crippen LogP contribution in [0.3, 0.4) is 0 Å². The molecule has 17 heavy (non-hydrogen) atoms. The minimum Gasteiger partial charge on any atom is -0.264 e. The van der Waals surface area contributed by atoms with Crippen LogP contribution >= 0.6 is 35.1 Å². The Bertz CT molecular complexity index is 291. The summed E-state index contributed by atoms with van der Waals surface area (Å²) in [6.07, 6.45) is 5.90. The average molecular weight is 297 g/mol. The average Bonchev–Trinajstić information content (AvgIpc) is 2.26. The van der Waals surface area contributed by atoms with Crippen LogP contribution in [0, 0.1) is 0 Å². The maximum atomic E-state index is 11.2. The molecule has 0 aliphatic heterocycles. The zero-order valence-electron chi connectivity index (χ0n) is 10.2. The molecule has 0 spiro atoms. The van der Waals surface area contributed by atoms with Crippen molar-refractivity contribution in [1.29, 1.82) is 0 Å². The van der Waals surface area contributed by atoms with E-state index >= 15 is 0 Å². The van der Waals surface area contributed by atoms with E-state index in [2.05, 4.69) is 4.99 Å². The van der Waals surface area contributed by atoms with Gasteiger partial charge < -0.3 is 0 Å². The monoisotopic (exact) mass is 296 g/mol. The number of aliphatic imine (C=N–C) groups is 1.